The monoisotopic (exact) mass is 334 g/mol. The Morgan fingerprint density at radius 2 is 1.61 bits per heavy atom. The molecule has 3 saturated carbocycles. The molecule has 23 heavy (non-hydrogen) atoms. The molecule has 0 spiro atoms. The van der Waals surface area contributed by atoms with Crippen LogP contribution in [0.15, 0.2) is 12.2 Å². The predicted molar refractivity (Wildman–Crippen MR) is 92.8 cm³/mol. The molecule has 0 N–H and O–H groups in total. The largest absolute Gasteiger partial charge is 0.229 e. The Hall–Kier alpha value is -0.310. The van der Waals surface area contributed by atoms with Gasteiger partial charge in [-0.2, -0.15) is 0 Å². The lowest BCUT2D eigenvalue weighted by atomic mass is 9.41. The van der Waals surface area contributed by atoms with E-state index in [1.165, 1.54) is 51.4 Å². The molecule has 5 aliphatic rings. The SMILES string of the molecule is O=S1(=O)CC23CC=CCC2(C1)C1C(CCC2CCCCC21)CC3. The summed E-state index contributed by atoms with van der Waals surface area (Å²) in [4.78, 5) is 0. The average molecular weight is 335 g/mol. The summed E-state index contributed by atoms with van der Waals surface area (Å²) in [7, 11) is -2.86. The first kappa shape index (κ1) is 15.0. The van der Waals surface area contributed by atoms with Crippen molar-refractivity contribution in [2.24, 2.45) is 34.5 Å². The summed E-state index contributed by atoms with van der Waals surface area (Å²) in [6.07, 6.45) is 17.6. The van der Waals surface area contributed by atoms with E-state index >= 15 is 0 Å². The third-order valence-electron chi connectivity index (χ3n) is 8.66. The minimum absolute atomic E-state index is 0.0983. The smallest absolute Gasteiger partial charge is 0.151 e. The number of fused-ring (bicyclic) bond motifs is 3. The van der Waals surface area contributed by atoms with E-state index in [1.54, 1.807) is 0 Å². The second-order valence-electron chi connectivity index (χ2n) is 9.46. The first-order valence-corrected chi connectivity index (χ1v) is 11.7. The molecule has 0 aromatic carbocycles. The molecule has 0 aromatic rings. The molecule has 0 bridgehead atoms. The quantitative estimate of drug-likeness (QED) is 0.617. The van der Waals surface area contributed by atoms with Crippen LogP contribution >= 0.6 is 0 Å². The summed E-state index contributed by atoms with van der Waals surface area (Å²) in [6, 6.07) is 0. The van der Waals surface area contributed by atoms with Crippen LogP contribution < -0.4 is 0 Å². The Bertz CT molecular complexity index is 636. The molecule has 0 radical (unpaired) electrons. The molecule has 1 aliphatic heterocycles. The van der Waals surface area contributed by atoms with E-state index in [0.29, 0.717) is 17.4 Å². The third-order valence-corrected chi connectivity index (χ3v) is 10.6. The molecule has 6 unspecified atom stereocenters. The van der Waals surface area contributed by atoms with E-state index < -0.39 is 9.84 Å². The molecule has 3 heteroatoms. The normalized spacial score (nSPS) is 53.7. The second kappa shape index (κ2) is 4.86. The standard InChI is InChI=1S/C20H30O2S/c21-23(22)13-19-10-3-4-11-20(19,14-23)18-16(9-12-19)8-7-15-5-1-2-6-17(15)18/h3-4,15-18H,1-2,5-14H2. The molecule has 0 amide bonds. The third kappa shape index (κ3) is 1.95. The Labute approximate surface area is 141 Å². The van der Waals surface area contributed by atoms with Crippen LogP contribution in [-0.4, -0.2) is 19.9 Å². The van der Waals surface area contributed by atoms with Crippen molar-refractivity contribution >= 4 is 9.84 Å². The van der Waals surface area contributed by atoms with E-state index in [2.05, 4.69) is 12.2 Å². The van der Waals surface area contributed by atoms with Crippen molar-refractivity contribution in [3.05, 3.63) is 12.2 Å². The molecule has 4 fully saturated rings. The summed E-state index contributed by atoms with van der Waals surface area (Å²) < 4.78 is 25.5. The number of hydrogen-bond donors (Lipinski definition) is 0. The molecule has 1 heterocycles. The maximum atomic E-state index is 12.8. The van der Waals surface area contributed by atoms with Crippen molar-refractivity contribution in [3.8, 4) is 0 Å². The van der Waals surface area contributed by atoms with Gasteiger partial charge in [-0.25, -0.2) is 8.42 Å². The van der Waals surface area contributed by atoms with Crippen molar-refractivity contribution < 1.29 is 8.42 Å². The zero-order valence-electron chi connectivity index (χ0n) is 14.2. The van der Waals surface area contributed by atoms with Crippen LogP contribution in [-0.2, 0) is 9.84 Å². The highest BCUT2D eigenvalue weighted by atomic mass is 32.2. The molecule has 5 rings (SSSR count). The minimum Gasteiger partial charge on any atom is -0.229 e. The van der Waals surface area contributed by atoms with Crippen LogP contribution in [0.4, 0.5) is 0 Å². The number of sulfone groups is 1. The fourth-order valence-electron chi connectivity index (χ4n) is 7.98. The van der Waals surface area contributed by atoms with Gasteiger partial charge in [0.2, 0.25) is 0 Å². The van der Waals surface area contributed by atoms with Gasteiger partial charge in [-0.05, 0) is 79.4 Å². The molecule has 6 atom stereocenters. The number of hydrogen-bond acceptors (Lipinski definition) is 2. The number of allylic oxidation sites excluding steroid dienone is 2. The number of rotatable bonds is 0. The zero-order valence-corrected chi connectivity index (χ0v) is 15.0. The molecule has 4 aliphatic carbocycles. The van der Waals surface area contributed by atoms with Crippen molar-refractivity contribution in [1.82, 2.24) is 0 Å². The van der Waals surface area contributed by atoms with E-state index in [9.17, 15) is 8.42 Å². The maximum absolute atomic E-state index is 12.8. The van der Waals surface area contributed by atoms with E-state index in [1.807, 2.05) is 0 Å². The minimum atomic E-state index is -2.86. The van der Waals surface area contributed by atoms with Crippen LogP contribution in [0.3, 0.4) is 0 Å². The highest BCUT2D eigenvalue weighted by Gasteiger charge is 2.68. The Morgan fingerprint density at radius 1 is 0.826 bits per heavy atom. The lowest BCUT2D eigenvalue weighted by Crippen LogP contribution is -2.58. The summed E-state index contributed by atoms with van der Waals surface area (Å²) in [5.74, 6) is 4.27. The summed E-state index contributed by atoms with van der Waals surface area (Å²) in [5, 5.41) is 0. The Balaban J connectivity index is 1.64. The molecular formula is C20H30O2S. The summed E-state index contributed by atoms with van der Waals surface area (Å²) in [6.45, 7) is 0. The molecule has 1 saturated heterocycles. The van der Waals surface area contributed by atoms with Crippen molar-refractivity contribution in [3.63, 3.8) is 0 Å². The van der Waals surface area contributed by atoms with Gasteiger partial charge in [-0.3, -0.25) is 0 Å². The van der Waals surface area contributed by atoms with Crippen LogP contribution in [0.1, 0.15) is 64.2 Å². The van der Waals surface area contributed by atoms with Gasteiger partial charge in [0.15, 0.2) is 9.84 Å². The van der Waals surface area contributed by atoms with Crippen LogP contribution in [0.5, 0.6) is 0 Å². The Morgan fingerprint density at radius 3 is 2.52 bits per heavy atom. The fraction of sp³-hybridized carbons (Fsp3) is 0.900. The van der Waals surface area contributed by atoms with Crippen molar-refractivity contribution in [1.29, 1.82) is 0 Å². The molecular weight excluding hydrogens is 304 g/mol. The van der Waals surface area contributed by atoms with Gasteiger partial charge in [0, 0.05) is 0 Å². The van der Waals surface area contributed by atoms with Gasteiger partial charge < -0.3 is 0 Å². The average Bonchev–Trinajstić information content (AvgIpc) is 2.80. The first-order chi connectivity index (χ1) is 11.1. The topological polar surface area (TPSA) is 34.1 Å². The van der Waals surface area contributed by atoms with E-state index in [4.69, 9.17) is 0 Å². The summed E-state index contributed by atoms with van der Waals surface area (Å²) in [5.41, 5.74) is 0.200. The van der Waals surface area contributed by atoms with Gasteiger partial charge in [0.1, 0.15) is 0 Å². The van der Waals surface area contributed by atoms with Gasteiger partial charge in [0.25, 0.3) is 0 Å². The van der Waals surface area contributed by atoms with Gasteiger partial charge in [-0.1, -0.05) is 31.4 Å². The van der Waals surface area contributed by atoms with E-state index in [0.717, 1.165) is 30.6 Å². The molecule has 128 valence electrons. The van der Waals surface area contributed by atoms with Crippen molar-refractivity contribution in [2.45, 2.75) is 64.2 Å². The lowest BCUT2D eigenvalue weighted by molar-refractivity contribution is -0.125. The first-order valence-electron chi connectivity index (χ1n) is 9.91. The zero-order chi connectivity index (χ0) is 15.7. The van der Waals surface area contributed by atoms with Gasteiger partial charge in [0.05, 0.1) is 11.5 Å². The predicted octanol–water partition coefficient (Wildman–Crippen LogP) is 4.36. The van der Waals surface area contributed by atoms with Crippen LogP contribution in [0.2, 0.25) is 0 Å². The highest BCUT2D eigenvalue weighted by molar-refractivity contribution is 7.91. The molecule has 2 nitrogen and oxygen atoms in total. The lowest BCUT2D eigenvalue weighted by Gasteiger charge is -2.63. The van der Waals surface area contributed by atoms with Crippen molar-refractivity contribution in [2.75, 3.05) is 11.5 Å². The Kier molecular flexibility index (Phi) is 3.17. The van der Waals surface area contributed by atoms with Gasteiger partial charge in [-0.15, -0.1) is 0 Å². The summed E-state index contributed by atoms with van der Waals surface area (Å²) >= 11 is 0. The van der Waals surface area contributed by atoms with Crippen LogP contribution in [0, 0.1) is 34.5 Å². The van der Waals surface area contributed by atoms with Crippen LogP contribution in [0.25, 0.3) is 0 Å². The molecule has 0 aromatic heterocycles. The maximum Gasteiger partial charge on any atom is 0.151 e. The van der Waals surface area contributed by atoms with E-state index in [-0.39, 0.29) is 10.8 Å². The fourth-order valence-corrected chi connectivity index (χ4v) is 10.9. The van der Waals surface area contributed by atoms with Gasteiger partial charge >= 0.3 is 0 Å². The highest BCUT2D eigenvalue weighted by Crippen LogP contribution is 2.70. The second-order valence-corrected chi connectivity index (χ2v) is 11.5.